The lowest BCUT2D eigenvalue weighted by Crippen LogP contribution is -2.06. The lowest BCUT2D eigenvalue weighted by atomic mass is 10.0. The topological polar surface area (TPSA) is 96.0 Å². The molecule has 0 radical (unpaired) electrons. The molecule has 1 aromatic carbocycles. The highest BCUT2D eigenvalue weighted by molar-refractivity contribution is 5.89. The molecule has 0 bridgehead atoms. The lowest BCUT2D eigenvalue weighted by molar-refractivity contribution is 0.0594. The van der Waals surface area contributed by atoms with E-state index in [1.165, 1.54) is 26.4 Å². The number of rotatable bonds is 3. The number of nitriles is 2. The van der Waals surface area contributed by atoms with Crippen LogP contribution in [-0.4, -0.2) is 25.2 Å². The monoisotopic (exact) mass is 293 g/mol. The molecule has 2 aromatic rings. The highest BCUT2D eigenvalue weighted by atomic mass is 16.5. The summed E-state index contributed by atoms with van der Waals surface area (Å²) in [5, 5.41) is 18.1. The number of aromatic nitrogens is 1. The van der Waals surface area contributed by atoms with Gasteiger partial charge in [0.1, 0.15) is 17.5 Å². The Morgan fingerprint density at radius 3 is 2.50 bits per heavy atom. The molecule has 0 fully saturated rings. The van der Waals surface area contributed by atoms with Crippen molar-refractivity contribution in [3.8, 4) is 29.0 Å². The Labute approximate surface area is 127 Å². The van der Waals surface area contributed by atoms with E-state index in [0.29, 0.717) is 22.4 Å². The SMILES string of the molecule is COC(=O)c1cc(-c2cc(C#N)ccc2OC)cc(C#N)n1. The molecular formula is C16H11N3O3. The van der Waals surface area contributed by atoms with Crippen molar-refractivity contribution >= 4 is 5.97 Å². The van der Waals surface area contributed by atoms with Crippen molar-refractivity contribution in [3.63, 3.8) is 0 Å². The number of hydrogen-bond acceptors (Lipinski definition) is 6. The number of carbonyl (C=O) groups excluding carboxylic acids is 1. The molecular weight excluding hydrogens is 282 g/mol. The maximum absolute atomic E-state index is 11.7. The van der Waals surface area contributed by atoms with E-state index in [1.54, 1.807) is 18.2 Å². The molecule has 108 valence electrons. The van der Waals surface area contributed by atoms with Crippen LogP contribution >= 0.6 is 0 Å². The van der Waals surface area contributed by atoms with Crippen LogP contribution in [0, 0.1) is 22.7 Å². The highest BCUT2D eigenvalue weighted by Crippen LogP contribution is 2.31. The number of esters is 1. The molecule has 0 atom stereocenters. The molecule has 0 aliphatic heterocycles. The second-order valence-corrected chi connectivity index (χ2v) is 4.26. The average Bonchev–Trinajstić information content (AvgIpc) is 2.59. The quantitative estimate of drug-likeness (QED) is 0.805. The van der Waals surface area contributed by atoms with Gasteiger partial charge in [0.05, 0.1) is 25.9 Å². The summed E-state index contributed by atoms with van der Waals surface area (Å²) in [5.74, 6) is -0.126. The van der Waals surface area contributed by atoms with Gasteiger partial charge in [-0.05, 0) is 35.9 Å². The van der Waals surface area contributed by atoms with E-state index in [-0.39, 0.29) is 11.4 Å². The van der Waals surface area contributed by atoms with Gasteiger partial charge in [0, 0.05) is 5.56 Å². The van der Waals surface area contributed by atoms with Crippen LogP contribution in [0.25, 0.3) is 11.1 Å². The number of ether oxygens (including phenoxy) is 2. The van der Waals surface area contributed by atoms with E-state index < -0.39 is 5.97 Å². The first kappa shape index (κ1) is 15.0. The van der Waals surface area contributed by atoms with Crippen LogP contribution in [-0.2, 0) is 4.74 Å². The second-order valence-electron chi connectivity index (χ2n) is 4.26. The number of nitrogens with zero attached hydrogens (tertiary/aromatic N) is 3. The summed E-state index contributed by atoms with van der Waals surface area (Å²) in [6, 6.07) is 11.8. The molecule has 1 aromatic heterocycles. The van der Waals surface area contributed by atoms with Crippen LogP contribution in [0.4, 0.5) is 0 Å². The summed E-state index contributed by atoms with van der Waals surface area (Å²) in [4.78, 5) is 15.6. The molecule has 0 aliphatic carbocycles. The fourth-order valence-electron chi connectivity index (χ4n) is 1.96. The summed E-state index contributed by atoms with van der Waals surface area (Å²) in [7, 11) is 2.73. The zero-order valence-electron chi connectivity index (χ0n) is 12.0. The molecule has 0 spiro atoms. The summed E-state index contributed by atoms with van der Waals surface area (Å²) in [6.45, 7) is 0. The Bertz CT molecular complexity index is 816. The smallest absolute Gasteiger partial charge is 0.356 e. The Balaban J connectivity index is 2.69. The Hall–Kier alpha value is -3.38. The van der Waals surface area contributed by atoms with E-state index in [4.69, 9.17) is 15.3 Å². The zero-order chi connectivity index (χ0) is 16.1. The predicted octanol–water partition coefficient (Wildman–Crippen LogP) is 2.29. The first-order chi connectivity index (χ1) is 10.6. The van der Waals surface area contributed by atoms with Crippen LogP contribution in [0.15, 0.2) is 30.3 Å². The van der Waals surface area contributed by atoms with Gasteiger partial charge in [-0.1, -0.05) is 0 Å². The molecule has 1 heterocycles. The third kappa shape index (κ3) is 2.87. The van der Waals surface area contributed by atoms with Crippen molar-refractivity contribution in [2.24, 2.45) is 0 Å². The fraction of sp³-hybridized carbons (Fsp3) is 0.125. The maximum Gasteiger partial charge on any atom is 0.356 e. The summed E-state index contributed by atoms with van der Waals surface area (Å²) in [5.41, 5.74) is 1.65. The first-order valence-electron chi connectivity index (χ1n) is 6.22. The van der Waals surface area contributed by atoms with Crippen LogP contribution in [0.1, 0.15) is 21.7 Å². The Kier molecular flexibility index (Phi) is 4.36. The molecule has 0 saturated carbocycles. The molecule has 6 nitrogen and oxygen atoms in total. The van der Waals surface area contributed by atoms with E-state index in [0.717, 1.165) is 0 Å². The van der Waals surface area contributed by atoms with Gasteiger partial charge in [-0.25, -0.2) is 9.78 Å². The summed E-state index contributed by atoms with van der Waals surface area (Å²) < 4.78 is 9.90. The van der Waals surface area contributed by atoms with E-state index in [1.807, 2.05) is 12.1 Å². The molecule has 2 rings (SSSR count). The third-order valence-corrected chi connectivity index (χ3v) is 2.97. The van der Waals surface area contributed by atoms with Gasteiger partial charge in [-0.2, -0.15) is 10.5 Å². The molecule has 0 amide bonds. The van der Waals surface area contributed by atoms with Gasteiger partial charge >= 0.3 is 5.97 Å². The molecule has 6 heteroatoms. The van der Waals surface area contributed by atoms with Crippen molar-refractivity contribution in [1.29, 1.82) is 10.5 Å². The van der Waals surface area contributed by atoms with Gasteiger partial charge < -0.3 is 9.47 Å². The average molecular weight is 293 g/mol. The molecule has 0 N–H and O–H groups in total. The molecule has 22 heavy (non-hydrogen) atoms. The van der Waals surface area contributed by atoms with Crippen LogP contribution in [0.2, 0.25) is 0 Å². The van der Waals surface area contributed by atoms with E-state index in [9.17, 15) is 4.79 Å². The van der Waals surface area contributed by atoms with Gasteiger partial charge in [0.15, 0.2) is 5.69 Å². The van der Waals surface area contributed by atoms with Crippen molar-refractivity contribution in [2.45, 2.75) is 0 Å². The second kappa shape index (κ2) is 6.38. The van der Waals surface area contributed by atoms with Crippen molar-refractivity contribution in [3.05, 3.63) is 47.3 Å². The Morgan fingerprint density at radius 2 is 1.91 bits per heavy atom. The van der Waals surface area contributed by atoms with Crippen LogP contribution in [0.5, 0.6) is 5.75 Å². The zero-order valence-corrected chi connectivity index (χ0v) is 12.0. The van der Waals surface area contributed by atoms with Crippen LogP contribution in [0.3, 0.4) is 0 Å². The number of carbonyl (C=O) groups is 1. The summed E-state index contributed by atoms with van der Waals surface area (Å²) >= 11 is 0. The van der Waals surface area contributed by atoms with E-state index in [2.05, 4.69) is 9.72 Å². The lowest BCUT2D eigenvalue weighted by Gasteiger charge is -2.10. The first-order valence-corrected chi connectivity index (χ1v) is 6.22. The number of hydrogen-bond donors (Lipinski definition) is 0. The minimum atomic E-state index is -0.645. The number of methoxy groups -OCH3 is 2. The summed E-state index contributed by atoms with van der Waals surface area (Å²) in [6.07, 6.45) is 0. The minimum absolute atomic E-state index is 0.0148. The maximum atomic E-state index is 11.7. The molecule has 0 unspecified atom stereocenters. The molecule has 0 aliphatic rings. The largest absolute Gasteiger partial charge is 0.496 e. The van der Waals surface area contributed by atoms with Crippen molar-refractivity contribution in [1.82, 2.24) is 4.98 Å². The van der Waals surface area contributed by atoms with Gasteiger partial charge in [-0.3, -0.25) is 0 Å². The number of benzene rings is 1. The predicted molar refractivity (Wildman–Crippen MR) is 77.0 cm³/mol. The van der Waals surface area contributed by atoms with Crippen LogP contribution < -0.4 is 4.74 Å². The van der Waals surface area contributed by atoms with Crippen molar-refractivity contribution in [2.75, 3.05) is 14.2 Å². The normalized spacial score (nSPS) is 9.45. The van der Waals surface area contributed by atoms with Gasteiger partial charge in [0.2, 0.25) is 0 Å². The third-order valence-electron chi connectivity index (χ3n) is 2.97. The standard InChI is InChI=1S/C16H11N3O3/c1-21-15-4-3-10(8-17)5-13(15)11-6-12(9-18)19-14(7-11)16(20)22-2/h3-7H,1-2H3. The fourth-order valence-corrected chi connectivity index (χ4v) is 1.96. The highest BCUT2D eigenvalue weighted by Gasteiger charge is 2.14. The Morgan fingerprint density at radius 1 is 1.14 bits per heavy atom. The van der Waals surface area contributed by atoms with E-state index >= 15 is 0 Å². The molecule has 0 saturated heterocycles. The van der Waals surface area contributed by atoms with Gasteiger partial charge in [0.25, 0.3) is 0 Å². The van der Waals surface area contributed by atoms with Gasteiger partial charge in [-0.15, -0.1) is 0 Å². The van der Waals surface area contributed by atoms with Crippen molar-refractivity contribution < 1.29 is 14.3 Å². The minimum Gasteiger partial charge on any atom is -0.496 e. The number of pyridine rings is 1.